The van der Waals surface area contributed by atoms with Gasteiger partial charge in [0.05, 0.1) is 34.5 Å². The van der Waals surface area contributed by atoms with Gasteiger partial charge in [-0.2, -0.15) is 18.3 Å². The van der Waals surface area contributed by atoms with Crippen molar-refractivity contribution in [2.75, 3.05) is 45.7 Å². The third kappa shape index (κ3) is 7.13. The van der Waals surface area contributed by atoms with E-state index < -0.39 is 21.7 Å². The van der Waals surface area contributed by atoms with E-state index in [1.54, 1.807) is 36.4 Å². The first-order valence-corrected chi connectivity index (χ1v) is 17.4. The van der Waals surface area contributed by atoms with Crippen LogP contribution in [0.1, 0.15) is 11.3 Å². The van der Waals surface area contributed by atoms with Crippen LogP contribution in [-0.4, -0.2) is 68.8 Å². The second kappa shape index (κ2) is 12.8. The zero-order chi connectivity index (χ0) is 30.1. The van der Waals surface area contributed by atoms with Gasteiger partial charge in [-0.05, 0) is 59.7 Å². The molecule has 7 nitrogen and oxygen atoms in total. The molecule has 2 aromatic carbocycles. The average Bonchev–Trinajstić information content (AvgIpc) is 3.62. The number of sulfone groups is 1. The van der Waals surface area contributed by atoms with E-state index in [9.17, 15) is 21.6 Å². The fourth-order valence-corrected chi connectivity index (χ4v) is 7.00. The molecule has 224 valence electrons. The second-order valence-corrected chi connectivity index (χ2v) is 13.9. The SMILES string of the molecule is CS(=O)(=O)c1cc(-c2ccc(-c3cc(C(F)(F)F)nn3-c3cc(CI)ccc3Cl)s2)ccc1OCCN1CCOCC1. The third-order valence-electron chi connectivity index (χ3n) is 6.65. The predicted molar refractivity (Wildman–Crippen MR) is 166 cm³/mol. The highest BCUT2D eigenvalue weighted by Gasteiger charge is 2.36. The average molecular weight is 752 g/mol. The summed E-state index contributed by atoms with van der Waals surface area (Å²) < 4.78 is 79.6. The van der Waals surface area contributed by atoms with Gasteiger partial charge in [0.2, 0.25) is 0 Å². The first kappa shape index (κ1) is 31.3. The minimum absolute atomic E-state index is 0.0451. The topological polar surface area (TPSA) is 73.7 Å². The summed E-state index contributed by atoms with van der Waals surface area (Å²) in [5.41, 5.74) is 1.000. The summed E-state index contributed by atoms with van der Waals surface area (Å²) in [7, 11) is -3.64. The van der Waals surface area contributed by atoms with Crippen molar-refractivity contribution in [3.8, 4) is 32.4 Å². The molecule has 0 unspecified atom stereocenters. The van der Waals surface area contributed by atoms with Crippen molar-refractivity contribution in [1.82, 2.24) is 14.7 Å². The van der Waals surface area contributed by atoms with E-state index in [4.69, 9.17) is 21.1 Å². The van der Waals surface area contributed by atoms with Crippen molar-refractivity contribution < 1.29 is 31.1 Å². The molecule has 0 amide bonds. The molecule has 1 aliphatic heterocycles. The highest BCUT2D eigenvalue weighted by molar-refractivity contribution is 14.1. The fourth-order valence-electron chi connectivity index (χ4n) is 4.49. The van der Waals surface area contributed by atoms with E-state index in [1.807, 2.05) is 6.07 Å². The maximum absolute atomic E-state index is 13.7. The highest BCUT2D eigenvalue weighted by atomic mass is 127. The second-order valence-electron chi connectivity index (χ2n) is 9.64. The number of hydrogen-bond acceptors (Lipinski definition) is 7. The van der Waals surface area contributed by atoms with Gasteiger partial charge in [0.1, 0.15) is 17.3 Å². The standard InChI is InChI=1S/C28H26ClF3IN3O4S2/c1-42(37,38)26-15-19(3-5-23(26)40-13-10-35-8-11-39-12-9-35)24-6-7-25(41-24)22-16-27(28(30,31)32)34-36(22)21-14-18(17-33)2-4-20(21)29/h2-7,14-16H,8-13,17H2,1H3. The molecule has 0 N–H and O–H groups in total. The molecule has 0 bridgehead atoms. The van der Waals surface area contributed by atoms with Crippen molar-refractivity contribution >= 4 is 55.4 Å². The number of rotatable bonds is 9. The molecule has 42 heavy (non-hydrogen) atoms. The van der Waals surface area contributed by atoms with Crippen molar-refractivity contribution in [2.24, 2.45) is 0 Å². The Morgan fingerprint density at radius 2 is 1.81 bits per heavy atom. The number of ether oxygens (including phenoxy) is 2. The fraction of sp³-hybridized carbons (Fsp3) is 0.321. The van der Waals surface area contributed by atoms with E-state index in [-0.39, 0.29) is 21.4 Å². The van der Waals surface area contributed by atoms with Gasteiger partial charge < -0.3 is 9.47 Å². The molecule has 1 aliphatic rings. The maximum atomic E-state index is 13.7. The van der Waals surface area contributed by atoms with Gasteiger partial charge >= 0.3 is 6.18 Å². The van der Waals surface area contributed by atoms with E-state index in [1.165, 1.54) is 22.1 Å². The summed E-state index contributed by atoms with van der Waals surface area (Å²) in [5, 5.41) is 4.14. The van der Waals surface area contributed by atoms with Crippen LogP contribution in [0.3, 0.4) is 0 Å². The Hall–Kier alpha value is -2.17. The summed E-state index contributed by atoms with van der Waals surface area (Å²) in [6.07, 6.45) is -3.54. The van der Waals surface area contributed by atoms with Gasteiger partial charge in [0.15, 0.2) is 15.5 Å². The van der Waals surface area contributed by atoms with Gasteiger partial charge in [-0.1, -0.05) is 40.3 Å². The molecule has 0 atom stereocenters. The van der Waals surface area contributed by atoms with Crippen LogP contribution in [0.25, 0.3) is 26.7 Å². The van der Waals surface area contributed by atoms with Crippen LogP contribution in [0.5, 0.6) is 5.75 Å². The van der Waals surface area contributed by atoms with Gasteiger partial charge in [0.25, 0.3) is 0 Å². The number of halogens is 5. The zero-order valence-electron chi connectivity index (χ0n) is 22.3. The quantitative estimate of drug-likeness (QED) is 0.136. The lowest BCUT2D eigenvalue weighted by atomic mass is 10.2. The zero-order valence-corrected chi connectivity index (χ0v) is 26.9. The monoisotopic (exact) mass is 751 g/mol. The molecule has 1 saturated heterocycles. The van der Waals surface area contributed by atoms with E-state index in [0.717, 1.165) is 31.0 Å². The molecule has 0 radical (unpaired) electrons. The van der Waals surface area contributed by atoms with Crippen molar-refractivity contribution in [2.45, 2.75) is 15.5 Å². The first-order valence-electron chi connectivity index (χ1n) is 12.8. The Morgan fingerprint density at radius 3 is 2.50 bits per heavy atom. The van der Waals surface area contributed by atoms with Crippen LogP contribution in [0.4, 0.5) is 13.2 Å². The largest absolute Gasteiger partial charge is 0.491 e. The Labute approximate surface area is 264 Å². The van der Waals surface area contributed by atoms with E-state index in [0.29, 0.717) is 51.8 Å². The van der Waals surface area contributed by atoms with Gasteiger partial charge in [-0.25, -0.2) is 13.1 Å². The molecule has 0 spiro atoms. The van der Waals surface area contributed by atoms with E-state index in [2.05, 4.69) is 32.6 Å². The van der Waals surface area contributed by atoms with Gasteiger partial charge in [-0.15, -0.1) is 11.3 Å². The van der Waals surface area contributed by atoms with Crippen LogP contribution >= 0.6 is 45.5 Å². The molecular weight excluding hydrogens is 726 g/mol. The normalized spacial score (nSPS) is 14.8. The van der Waals surface area contributed by atoms with Crippen LogP contribution in [-0.2, 0) is 25.2 Å². The van der Waals surface area contributed by atoms with Gasteiger partial charge in [-0.3, -0.25) is 4.90 Å². The minimum atomic E-state index is -4.66. The van der Waals surface area contributed by atoms with Crippen LogP contribution in [0.2, 0.25) is 5.02 Å². The number of thiophene rings is 1. The van der Waals surface area contributed by atoms with Crippen LogP contribution < -0.4 is 4.74 Å². The Morgan fingerprint density at radius 1 is 1.07 bits per heavy atom. The summed E-state index contributed by atoms with van der Waals surface area (Å²) >= 11 is 9.80. The van der Waals surface area contributed by atoms with Gasteiger partial charge in [0, 0.05) is 35.2 Å². The number of benzene rings is 2. The molecule has 14 heteroatoms. The summed E-state index contributed by atoms with van der Waals surface area (Å²) in [4.78, 5) is 3.41. The lowest BCUT2D eigenvalue weighted by molar-refractivity contribution is -0.141. The van der Waals surface area contributed by atoms with Crippen LogP contribution in [0.15, 0.2) is 59.5 Å². The molecule has 3 heterocycles. The lowest BCUT2D eigenvalue weighted by Gasteiger charge is -2.26. The summed E-state index contributed by atoms with van der Waals surface area (Å²) in [5.74, 6) is 0.254. The third-order valence-corrected chi connectivity index (χ3v) is 10.1. The van der Waals surface area contributed by atoms with Crippen molar-refractivity contribution in [3.63, 3.8) is 0 Å². The molecule has 5 rings (SSSR count). The Bertz CT molecular complexity index is 1690. The number of aromatic nitrogens is 2. The first-order chi connectivity index (χ1) is 19.9. The Balaban J connectivity index is 1.48. The number of nitrogens with zero attached hydrogens (tertiary/aromatic N) is 3. The summed E-state index contributed by atoms with van der Waals surface area (Å²) in [6, 6.07) is 14.5. The summed E-state index contributed by atoms with van der Waals surface area (Å²) in [6.45, 7) is 3.85. The maximum Gasteiger partial charge on any atom is 0.435 e. The molecule has 4 aromatic rings. The van der Waals surface area contributed by atoms with Crippen LogP contribution in [0, 0.1) is 0 Å². The number of alkyl halides is 4. The smallest absolute Gasteiger partial charge is 0.435 e. The Kier molecular flexibility index (Phi) is 9.54. The van der Waals surface area contributed by atoms with Crippen molar-refractivity contribution in [3.05, 3.63) is 70.9 Å². The lowest BCUT2D eigenvalue weighted by Crippen LogP contribution is -2.38. The molecule has 0 aliphatic carbocycles. The van der Waals surface area contributed by atoms with E-state index >= 15 is 0 Å². The number of morpholine rings is 1. The predicted octanol–water partition coefficient (Wildman–Crippen LogP) is 6.99. The molecule has 1 fully saturated rings. The molecular formula is C28H26ClF3IN3O4S2. The molecule has 2 aromatic heterocycles. The number of hydrogen-bond donors (Lipinski definition) is 0. The molecule has 0 saturated carbocycles. The minimum Gasteiger partial charge on any atom is -0.491 e. The highest BCUT2D eigenvalue weighted by Crippen LogP contribution is 2.41. The van der Waals surface area contributed by atoms with Crippen molar-refractivity contribution in [1.29, 1.82) is 0 Å².